The zero-order valence-corrected chi connectivity index (χ0v) is 11.8. The summed E-state index contributed by atoms with van der Waals surface area (Å²) in [7, 11) is 0. The first-order valence-electron chi connectivity index (χ1n) is 6.64. The zero-order valence-electron chi connectivity index (χ0n) is 11.8. The lowest BCUT2D eigenvalue weighted by Gasteiger charge is -2.21. The van der Waals surface area contributed by atoms with Gasteiger partial charge in [-0.1, -0.05) is 39.0 Å². The molecule has 0 bridgehead atoms. The van der Waals surface area contributed by atoms with E-state index in [2.05, 4.69) is 37.0 Å². The molecule has 0 aliphatic heterocycles. The van der Waals surface area contributed by atoms with Crippen molar-refractivity contribution in [3.63, 3.8) is 0 Å². The number of benzene rings is 1. The smallest absolute Gasteiger partial charge is 0.248 e. The average Bonchev–Trinajstić information content (AvgIpc) is 2.84. The maximum atomic E-state index is 5.73. The Bertz CT molecular complexity index is 540. The van der Waals surface area contributed by atoms with Gasteiger partial charge in [-0.25, -0.2) is 0 Å². The van der Waals surface area contributed by atoms with Crippen LogP contribution < -0.4 is 5.73 Å². The third kappa shape index (κ3) is 3.20. The summed E-state index contributed by atoms with van der Waals surface area (Å²) in [4.78, 5) is 0. The Labute approximate surface area is 114 Å². The molecule has 4 nitrogen and oxygen atoms in total. The van der Waals surface area contributed by atoms with Crippen molar-refractivity contribution in [1.29, 1.82) is 0 Å². The van der Waals surface area contributed by atoms with Crippen LogP contribution in [0.1, 0.15) is 38.6 Å². The molecule has 19 heavy (non-hydrogen) atoms. The van der Waals surface area contributed by atoms with E-state index in [0.717, 1.165) is 18.4 Å². The van der Waals surface area contributed by atoms with E-state index in [1.165, 1.54) is 5.56 Å². The molecule has 2 aromatic rings. The number of hydrogen-bond acceptors (Lipinski definition) is 4. The van der Waals surface area contributed by atoms with Gasteiger partial charge in [0.15, 0.2) is 0 Å². The molecule has 0 radical (unpaired) electrons. The van der Waals surface area contributed by atoms with Gasteiger partial charge in [-0.2, -0.15) is 0 Å². The van der Waals surface area contributed by atoms with Gasteiger partial charge in [0.2, 0.25) is 11.8 Å². The summed E-state index contributed by atoms with van der Waals surface area (Å²) in [6.07, 6.45) is 1.60. The molecule has 0 saturated heterocycles. The molecule has 2 N–H and O–H groups in total. The molecule has 0 atom stereocenters. The first kappa shape index (κ1) is 13.7. The van der Waals surface area contributed by atoms with Crippen molar-refractivity contribution in [2.75, 3.05) is 6.54 Å². The molecule has 2 rings (SSSR count). The Morgan fingerprint density at radius 3 is 2.58 bits per heavy atom. The van der Waals surface area contributed by atoms with Crippen LogP contribution in [-0.2, 0) is 11.8 Å². The maximum absolute atomic E-state index is 5.73. The van der Waals surface area contributed by atoms with Gasteiger partial charge < -0.3 is 10.2 Å². The second-order valence-corrected chi connectivity index (χ2v) is 5.69. The fourth-order valence-electron chi connectivity index (χ4n) is 2.04. The normalized spacial score (nSPS) is 11.8. The molecule has 4 heteroatoms. The van der Waals surface area contributed by atoms with Crippen LogP contribution in [0, 0.1) is 0 Å². The van der Waals surface area contributed by atoms with E-state index >= 15 is 0 Å². The van der Waals surface area contributed by atoms with Gasteiger partial charge in [0, 0.05) is 12.0 Å². The standard InChI is InChI=1S/C15H21N3O/c1-15(2,3)12-8-5-4-7-11(12)14-18-17-13(19-14)9-6-10-16/h4-5,7-8H,6,9-10,16H2,1-3H3. The lowest BCUT2D eigenvalue weighted by Crippen LogP contribution is -2.12. The van der Waals surface area contributed by atoms with Crippen LogP contribution in [0.2, 0.25) is 0 Å². The lowest BCUT2D eigenvalue weighted by molar-refractivity contribution is 0.496. The number of aromatic nitrogens is 2. The predicted octanol–water partition coefficient (Wildman–Crippen LogP) is 2.93. The molecule has 0 spiro atoms. The second kappa shape index (κ2) is 5.53. The van der Waals surface area contributed by atoms with Crippen molar-refractivity contribution in [3.05, 3.63) is 35.7 Å². The lowest BCUT2D eigenvalue weighted by atomic mass is 9.84. The summed E-state index contributed by atoms with van der Waals surface area (Å²) in [6.45, 7) is 7.17. The third-order valence-electron chi connectivity index (χ3n) is 3.03. The Morgan fingerprint density at radius 1 is 1.16 bits per heavy atom. The summed E-state index contributed by atoms with van der Waals surface area (Å²) in [5.41, 5.74) is 7.76. The third-order valence-corrected chi connectivity index (χ3v) is 3.03. The van der Waals surface area contributed by atoms with Crippen molar-refractivity contribution in [2.45, 2.75) is 39.0 Å². The predicted molar refractivity (Wildman–Crippen MR) is 75.8 cm³/mol. The molecular formula is C15H21N3O. The highest BCUT2D eigenvalue weighted by molar-refractivity contribution is 5.60. The van der Waals surface area contributed by atoms with Crippen molar-refractivity contribution in [1.82, 2.24) is 10.2 Å². The van der Waals surface area contributed by atoms with E-state index in [4.69, 9.17) is 10.2 Å². The largest absolute Gasteiger partial charge is 0.421 e. The second-order valence-electron chi connectivity index (χ2n) is 5.69. The monoisotopic (exact) mass is 259 g/mol. The van der Waals surface area contributed by atoms with E-state index < -0.39 is 0 Å². The molecule has 1 aromatic heterocycles. The van der Waals surface area contributed by atoms with Crippen LogP contribution in [0.15, 0.2) is 28.7 Å². The summed E-state index contributed by atoms with van der Waals surface area (Å²) < 4.78 is 5.73. The number of nitrogens with zero attached hydrogens (tertiary/aromatic N) is 2. The van der Waals surface area contributed by atoms with Gasteiger partial charge in [-0.05, 0) is 30.0 Å². The van der Waals surface area contributed by atoms with Gasteiger partial charge in [0.1, 0.15) is 0 Å². The number of nitrogens with two attached hydrogens (primary N) is 1. The van der Waals surface area contributed by atoms with Crippen LogP contribution >= 0.6 is 0 Å². The average molecular weight is 259 g/mol. The van der Waals surface area contributed by atoms with Gasteiger partial charge in [0.05, 0.1) is 0 Å². The number of rotatable bonds is 4. The molecule has 0 fully saturated rings. The van der Waals surface area contributed by atoms with Crippen molar-refractivity contribution < 1.29 is 4.42 Å². The SMILES string of the molecule is CC(C)(C)c1ccccc1-c1nnc(CCCN)o1. The molecule has 1 aromatic carbocycles. The van der Waals surface area contributed by atoms with E-state index in [1.807, 2.05) is 18.2 Å². The van der Waals surface area contributed by atoms with E-state index in [1.54, 1.807) is 0 Å². The summed E-state index contributed by atoms with van der Waals surface area (Å²) in [5, 5.41) is 8.24. The van der Waals surface area contributed by atoms with Crippen molar-refractivity contribution in [2.24, 2.45) is 5.73 Å². The van der Waals surface area contributed by atoms with Crippen LogP contribution in [0.5, 0.6) is 0 Å². The topological polar surface area (TPSA) is 64.9 Å². The molecule has 0 aliphatic rings. The fraction of sp³-hybridized carbons (Fsp3) is 0.467. The maximum Gasteiger partial charge on any atom is 0.248 e. The van der Waals surface area contributed by atoms with E-state index in [9.17, 15) is 0 Å². The summed E-state index contributed by atoms with van der Waals surface area (Å²) >= 11 is 0. The molecule has 0 amide bonds. The van der Waals surface area contributed by atoms with E-state index in [-0.39, 0.29) is 5.41 Å². The molecular weight excluding hydrogens is 238 g/mol. The van der Waals surface area contributed by atoms with Crippen LogP contribution in [0.3, 0.4) is 0 Å². The van der Waals surface area contributed by atoms with Gasteiger partial charge in [0.25, 0.3) is 0 Å². The first-order chi connectivity index (χ1) is 9.02. The molecule has 0 unspecified atom stereocenters. The highest BCUT2D eigenvalue weighted by Crippen LogP contribution is 2.32. The Hall–Kier alpha value is -1.68. The fourth-order valence-corrected chi connectivity index (χ4v) is 2.04. The quantitative estimate of drug-likeness (QED) is 0.916. The van der Waals surface area contributed by atoms with Crippen LogP contribution in [0.4, 0.5) is 0 Å². The summed E-state index contributed by atoms with van der Waals surface area (Å²) in [5.74, 6) is 1.25. The Kier molecular flexibility index (Phi) is 4.00. The minimum Gasteiger partial charge on any atom is -0.421 e. The number of hydrogen-bond donors (Lipinski definition) is 1. The highest BCUT2D eigenvalue weighted by Gasteiger charge is 2.21. The minimum absolute atomic E-state index is 0.0441. The Morgan fingerprint density at radius 2 is 1.89 bits per heavy atom. The van der Waals surface area contributed by atoms with E-state index in [0.29, 0.717) is 18.3 Å². The molecule has 0 aliphatic carbocycles. The summed E-state index contributed by atoms with van der Waals surface area (Å²) in [6, 6.07) is 8.17. The van der Waals surface area contributed by atoms with Gasteiger partial charge >= 0.3 is 0 Å². The van der Waals surface area contributed by atoms with Crippen molar-refractivity contribution >= 4 is 0 Å². The number of aryl methyl sites for hydroxylation is 1. The minimum atomic E-state index is 0.0441. The molecule has 0 saturated carbocycles. The van der Waals surface area contributed by atoms with Crippen LogP contribution in [0.25, 0.3) is 11.5 Å². The first-order valence-corrected chi connectivity index (χ1v) is 6.64. The van der Waals surface area contributed by atoms with Gasteiger partial charge in [-0.15, -0.1) is 10.2 Å². The van der Waals surface area contributed by atoms with Crippen molar-refractivity contribution in [3.8, 4) is 11.5 Å². The zero-order chi connectivity index (χ0) is 13.9. The Balaban J connectivity index is 2.34. The molecule has 102 valence electrons. The van der Waals surface area contributed by atoms with Crippen LogP contribution in [-0.4, -0.2) is 16.7 Å². The van der Waals surface area contributed by atoms with Gasteiger partial charge in [-0.3, -0.25) is 0 Å². The highest BCUT2D eigenvalue weighted by atomic mass is 16.4. The molecule has 1 heterocycles.